The molecule has 5 heteroatoms. The molecule has 23 heavy (non-hydrogen) atoms. The predicted molar refractivity (Wildman–Crippen MR) is 89.0 cm³/mol. The number of aryl methyl sites for hydroxylation is 1. The molecule has 0 unspecified atom stereocenters. The molecule has 2 rings (SSSR count). The minimum Gasteiger partial charge on any atom is -0.492 e. The van der Waals surface area contributed by atoms with Gasteiger partial charge in [0.25, 0.3) is 5.91 Å². The summed E-state index contributed by atoms with van der Waals surface area (Å²) in [6, 6.07) is 11.3. The summed E-state index contributed by atoms with van der Waals surface area (Å²) in [6.07, 6.45) is 1.61. The van der Waals surface area contributed by atoms with Gasteiger partial charge in [-0.3, -0.25) is 4.79 Å². The molecule has 1 heterocycles. The Morgan fingerprint density at radius 1 is 1.17 bits per heavy atom. The Labute approximate surface area is 136 Å². The highest BCUT2D eigenvalue weighted by Gasteiger charge is 2.17. The molecule has 0 atom stereocenters. The van der Waals surface area contributed by atoms with Crippen molar-refractivity contribution in [2.75, 3.05) is 26.8 Å². The number of ether oxygens (including phenoxy) is 2. The van der Waals surface area contributed by atoms with E-state index >= 15 is 0 Å². The van der Waals surface area contributed by atoms with Gasteiger partial charge in [-0.2, -0.15) is 0 Å². The number of amides is 1. The first kappa shape index (κ1) is 16.8. The van der Waals surface area contributed by atoms with Crippen LogP contribution in [0.2, 0.25) is 0 Å². The third-order valence-corrected chi connectivity index (χ3v) is 3.35. The average Bonchev–Trinajstić information content (AvgIpc) is 2.57. The van der Waals surface area contributed by atoms with Gasteiger partial charge in [-0.25, -0.2) is 4.98 Å². The summed E-state index contributed by atoms with van der Waals surface area (Å²) in [5.41, 5.74) is 1.65. The number of pyridine rings is 1. The van der Waals surface area contributed by atoms with Gasteiger partial charge in [-0.1, -0.05) is 17.7 Å². The minimum absolute atomic E-state index is 0.131. The Bertz CT molecular complexity index is 641. The molecule has 0 radical (unpaired) electrons. The van der Waals surface area contributed by atoms with Crippen LogP contribution in [0.5, 0.6) is 11.6 Å². The van der Waals surface area contributed by atoms with Crippen LogP contribution in [0.4, 0.5) is 0 Å². The normalized spacial score (nSPS) is 10.2. The molecular weight excluding hydrogens is 292 g/mol. The summed E-state index contributed by atoms with van der Waals surface area (Å²) in [5, 5.41) is 0. The van der Waals surface area contributed by atoms with Crippen molar-refractivity contribution in [3.63, 3.8) is 0 Å². The quantitative estimate of drug-likeness (QED) is 0.788. The smallest absolute Gasteiger partial charge is 0.259 e. The Balaban J connectivity index is 1.91. The summed E-state index contributed by atoms with van der Waals surface area (Å²) in [7, 11) is 1.74. The molecule has 0 spiro atoms. The van der Waals surface area contributed by atoms with Crippen molar-refractivity contribution >= 4 is 5.91 Å². The third-order valence-electron chi connectivity index (χ3n) is 3.35. The summed E-state index contributed by atoms with van der Waals surface area (Å²) in [4.78, 5) is 18.2. The van der Waals surface area contributed by atoms with Gasteiger partial charge >= 0.3 is 0 Å². The van der Waals surface area contributed by atoms with Crippen LogP contribution in [-0.4, -0.2) is 42.6 Å². The number of carbonyl (C=O) groups excluding carboxylic acids is 1. The molecule has 1 aromatic carbocycles. The molecule has 0 aliphatic carbocycles. The molecule has 0 aliphatic rings. The van der Waals surface area contributed by atoms with Gasteiger partial charge in [0.15, 0.2) is 0 Å². The van der Waals surface area contributed by atoms with Crippen LogP contribution in [0.3, 0.4) is 0 Å². The molecule has 1 aromatic heterocycles. The van der Waals surface area contributed by atoms with E-state index in [9.17, 15) is 4.79 Å². The molecule has 0 saturated carbocycles. The number of aromatic nitrogens is 1. The largest absolute Gasteiger partial charge is 0.492 e. The Kier molecular flexibility index (Phi) is 5.97. The van der Waals surface area contributed by atoms with Gasteiger partial charge in [0, 0.05) is 13.2 Å². The molecule has 0 fully saturated rings. The summed E-state index contributed by atoms with van der Waals surface area (Å²) < 4.78 is 11.1. The summed E-state index contributed by atoms with van der Waals surface area (Å²) >= 11 is 0. The first-order chi connectivity index (χ1) is 11.1. The molecule has 0 aliphatic heterocycles. The van der Waals surface area contributed by atoms with E-state index in [1.165, 1.54) is 5.56 Å². The van der Waals surface area contributed by atoms with Crippen molar-refractivity contribution in [3.05, 3.63) is 53.7 Å². The number of benzene rings is 1. The number of hydrogen-bond donors (Lipinski definition) is 0. The van der Waals surface area contributed by atoms with Crippen LogP contribution >= 0.6 is 0 Å². The third kappa shape index (κ3) is 4.71. The lowest BCUT2D eigenvalue weighted by Gasteiger charge is -2.18. The van der Waals surface area contributed by atoms with Crippen LogP contribution in [0.15, 0.2) is 42.6 Å². The fourth-order valence-electron chi connectivity index (χ4n) is 2.05. The summed E-state index contributed by atoms with van der Waals surface area (Å²) in [6.45, 7) is 5.27. The number of carbonyl (C=O) groups is 1. The fourth-order valence-corrected chi connectivity index (χ4v) is 2.05. The molecule has 5 nitrogen and oxygen atoms in total. The van der Waals surface area contributed by atoms with E-state index < -0.39 is 0 Å². The predicted octanol–water partition coefficient (Wildman–Crippen LogP) is 2.94. The molecule has 1 amide bonds. The zero-order chi connectivity index (χ0) is 16.7. The maximum atomic E-state index is 12.5. The maximum absolute atomic E-state index is 12.5. The average molecular weight is 314 g/mol. The monoisotopic (exact) mass is 314 g/mol. The van der Waals surface area contributed by atoms with Gasteiger partial charge in [0.05, 0.1) is 13.2 Å². The van der Waals surface area contributed by atoms with E-state index in [-0.39, 0.29) is 5.91 Å². The van der Waals surface area contributed by atoms with Crippen LogP contribution in [-0.2, 0) is 0 Å². The zero-order valence-electron chi connectivity index (χ0n) is 13.8. The molecule has 0 bridgehead atoms. The van der Waals surface area contributed by atoms with Crippen molar-refractivity contribution < 1.29 is 14.3 Å². The molecular formula is C18H22N2O3. The lowest BCUT2D eigenvalue weighted by atomic mass is 10.2. The van der Waals surface area contributed by atoms with Gasteiger partial charge in [-0.05, 0) is 38.1 Å². The number of hydrogen-bond acceptors (Lipinski definition) is 4. The number of likely N-dealkylation sites (N-methyl/N-ethyl adjacent to an activating group) is 1. The second kappa shape index (κ2) is 8.17. The molecule has 0 N–H and O–H groups in total. The van der Waals surface area contributed by atoms with Gasteiger partial charge in [0.2, 0.25) is 5.88 Å². The highest BCUT2D eigenvalue weighted by molar-refractivity contribution is 5.96. The van der Waals surface area contributed by atoms with Crippen molar-refractivity contribution in [1.82, 2.24) is 9.88 Å². The van der Waals surface area contributed by atoms with Crippen LogP contribution in [0.1, 0.15) is 22.8 Å². The van der Waals surface area contributed by atoms with Gasteiger partial charge < -0.3 is 14.4 Å². The second-order valence-corrected chi connectivity index (χ2v) is 5.18. The van der Waals surface area contributed by atoms with Gasteiger partial charge in [0.1, 0.15) is 17.9 Å². The molecule has 2 aromatic rings. The first-order valence-corrected chi connectivity index (χ1v) is 7.64. The zero-order valence-corrected chi connectivity index (χ0v) is 13.8. The van der Waals surface area contributed by atoms with E-state index in [1.807, 2.05) is 38.1 Å². The highest BCUT2D eigenvalue weighted by Crippen LogP contribution is 2.16. The van der Waals surface area contributed by atoms with Crippen molar-refractivity contribution in [1.29, 1.82) is 0 Å². The Morgan fingerprint density at radius 2 is 1.91 bits per heavy atom. The number of nitrogens with zero attached hydrogens (tertiary/aromatic N) is 2. The van der Waals surface area contributed by atoms with Crippen LogP contribution in [0, 0.1) is 6.92 Å². The lowest BCUT2D eigenvalue weighted by molar-refractivity contribution is 0.0768. The van der Waals surface area contributed by atoms with Gasteiger partial charge in [-0.15, -0.1) is 0 Å². The number of rotatable bonds is 7. The van der Waals surface area contributed by atoms with E-state index in [0.717, 1.165) is 5.75 Å². The second-order valence-electron chi connectivity index (χ2n) is 5.18. The van der Waals surface area contributed by atoms with Crippen molar-refractivity contribution in [2.45, 2.75) is 13.8 Å². The topological polar surface area (TPSA) is 51.7 Å². The van der Waals surface area contributed by atoms with E-state index in [4.69, 9.17) is 9.47 Å². The van der Waals surface area contributed by atoms with E-state index in [2.05, 4.69) is 4.98 Å². The SMILES string of the molecule is CCOc1ncccc1C(=O)N(C)CCOc1ccc(C)cc1. The van der Waals surface area contributed by atoms with E-state index in [1.54, 1.807) is 30.3 Å². The Hall–Kier alpha value is -2.56. The standard InChI is InChI=1S/C18H22N2O3/c1-4-22-17-16(6-5-11-19-17)18(21)20(3)12-13-23-15-9-7-14(2)8-10-15/h5-11H,4,12-13H2,1-3H3. The van der Waals surface area contributed by atoms with Crippen LogP contribution in [0.25, 0.3) is 0 Å². The lowest BCUT2D eigenvalue weighted by Crippen LogP contribution is -2.31. The highest BCUT2D eigenvalue weighted by atomic mass is 16.5. The molecule has 0 saturated heterocycles. The fraction of sp³-hybridized carbons (Fsp3) is 0.333. The minimum atomic E-state index is -0.131. The van der Waals surface area contributed by atoms with Crippen molar-refractivity contribution in [3.8, 4) is 11.6 Å². The molecule has 122 valence electrons. The Morgan fingerprint density at radius 3 is 2.61 bits per heavy atom. The van der Waals surface area contributed by atoms with Crippen LogP contribution < -0.4 is 9.47 Å². The van der Waals surface area contributed by atoms with Crippen molar-refractivity contribution in [2.24, 2.45) is 0 Å². The van der Waals surface area contributed by atoms with E-state index in [0.29, 0.717) is 31.2 Å². The maximum Gasteiger partial charge on any atom is 0.259 e. The summed E-state index contributed by atoms with van der Waals surface area (Å²) in [5.74, 6) is 1.04. The first-order valence-electron chi connectivity index (χ1n) is 7.64.